The molecule has 0 saturated heterocycles. The Bertz CT molecular complexity index is 808. The van der Waals surface area contributed by atoms with E-state index in [0.717, 1.165) is 5.56 Å². The molecule has 0 fully saturated rings. The first-order valence-electron chi connectivity index (χ1n) is 8.67. The largest absolute Gasteiger partial charge is 0.459 e. The first-order valence-corrected chi connectivity index (χ1v) is 8.67. The third-order valence-electron chi connectivity index (χ3n) is 4.00. The molecule has 2 aromatic rings. The van der Waals surface area contributed by atoms with Gasteiger partial charge in [0.2, 0.25) is 0 Å². The maximum atomic E-state index is 11.6. The van der Waals surface area contributed by atoms with Crippen molar-refractivity contribution in [2.75, 3.05) is 34.8 Å². The molecule has 9 heteroatoms. The Balaban J connectivity index is 1.98. The molecule has 1 aromatic carbocycles. The third kappa shape index (κ3) is 5.92. The molecule has 0 aliphatic rings. The Hall–Kier alpha value is -3.20. The summed E-state index contributed by atoms with van der Waals surface area (Å²) in [6, 6.07) is 11.8. The van der Waals surface area contributed by atoms with E-state index in [2.05, 4.69) is 4.98 Å². The number of amides is 1. The fourth-order valence-electron chi connectivity index (χ4n) is 2.53. The minimum atomic E-state index is -0.555. The second-order valence-corrected chi connectivity index (χ2v) is 6.54. The van der Waals surface area contributed by atoms with Gasteiger partial charge in [-0.3, -0.25) is 0 Å². The Labute approximate surface area is 163 Å². The summed E-state index contributed by atoms with van der Waals surface area (Å²) in [6.45, 7) is 0.342. The molecule has 0 aliphatic carbocycles. The van der Waals surface area contributed by atoms with Crippen LogP contribution in [0.3, 0.4) is 0 Å². The highest BCUT2D eigenvalue weighted by molar-refractivity contribution is 5.69. The van der Waals surface area contributed by atoms with Crippen molar-refractivity contribution in [3.8, 4) is 11.6 Å². The van der Waals surface area contributed by atoms with Crippen molar-refractivity contribution in [2.24, 2.45) is 0 Å². The molecule has 0 aliphatic heterocycles. The highest BCUT2D eigenvalue weighted by Crippen LogP contribution is 2.25. The van der Waals surface area contributed by atoms with E-state index in [1.165, 1.54) is 17.0 Å². The topological polar surface area (TPSA) is 98.0 Å². The summed E-state index contributed by atoms with van der Waals surface area (Å²) in [7, 11) is 7.15. The second-order valence-electron chi connectivity index (χ2n) is 6.54. The molecule has 0 spiro atoms. The number of nitrogens with zero attached hydrogens (tertiary/aromatic N) is 4. The molecule has 0 saturated carbocycles. The van der Waals surface area contributed by atoms with Gasteiger partial charge in [-0.2, -0.15) is 0 Å². The number of rotatable bonds is 8. The zero-order valence-electron chi connectivity index (χ0n) is 16.4. The smallest absolute Gasteiger partial charge is 0.414 e. The summed E-state index contributed by atoms with van der Waals surface area (Å²) in [6.07, 6.45) is 0.212. The number of benzene rings is 1. The average molecular weight is 388 g/mol. The number of hydrogen-bond donors (Lipinski definition) is 0. The Morgan fingerprint density at radius 1 is 1.14 bits per heavy atom. The molecule has 1 heterocycles. The molecule has 9 nitrogen and oxygen atoms in total. The van der Waals surface area contributed by atoms with Gasteiger partial charge in [0.25, 0.3) is 0 Å². The number of carbonyl (C=O) groups excluding carboxylic acids is 1. The van der Waals surface area contributed by atoms with E-state index in [4.69, 9.17) is 9.47 Å². The van der Waals surface area contributed by atoms with Gasteiger partial charge >= 0.3 is 17.8 Å². The van der Waals surface area contributed by atoms with Gasteiger partial charge in [0.1, 0.15) is 5.75 Å². The van der Waals surface area contributed by atoms with Crippen LogP contribution in [0.4, 0.5) is 10.6 Å². The van der Waals surface area contributed by atoms with Gasteiger partial charge in [0.05, 0.1) is 6.61 Å². The zero-order chi connectivity index (χ0) is 20.7. The lowest BCUT2D eigenvalue weighted by atomic mass is 10.0. The van der Waals surface area contributed by atoms with E-state index in [1.807, 2.05) is 31.1 Å². The number of hydrogen-bond acceptors (Lipinski definition) is 7. The molecular formula is C19H24N4O5. The highest BCUT2D eigenvalue weighted by Gasteiger charge is 2.16. The first-order chi connectivity index (χ1) is 13.3. The van der Waals surface area contributed by atoms with E-state index < -0.39 is 11.0 Å². The van der Waals surface area contributed by atoms with E-state index in [1.54, 1.807) is 32.3 Å². The van der Waals surface area contributed by atoms with Crippen LogP contribution in [0.1, 0.15) is 18.0 Å². The molecule has 0 bridgehead atoms. The molecule has 1 amide bonds. The molecule has 1 unspecified atom stereocenters. The van der Waals surface area contributed by atoms with Crippen LogP contribution in [-0.2, 0) is 0 Å². The number of nitro groups is 1. The minimum Gasteiger partial charge on any atom is -0.459 e. The minimum absolute atomic E-state index is 0.0531. The van der Waals surface area contributed by atoms with Gasteiger partial charge in [0, 0.05) is 43.7 Å². The number of pyridine rings is 1. The van der Waals surface area contributed by atoms with Crippen molar-refractivity contribution >= 4 is 11.9 Å². The van der Waals surface area contributed by atoms with Gasteiger partial charge in [0.15, 0.2) is 0 Å². The molecule has 1 aromatic heterocycles. The lowest BCUT2D eigenvalue weighted by Gasteiger charge is -2.24. The van der Waals surface area contributed by atoms with Crippen molar-refractivity contribution in [3.05, 3.63) is 58.1 Å². The van der Waals surface area contributed by atoms with Gasteiger partial charge < -0.3 is 29.4 Å². The number of aromatic nitrogens is 1. The number of ether oxygens (including phenoxy) is 2. The summed E-state index contributed by atoms with van der Waals surface area (Å²) in [5.74, 6) is 0.444. The number of carbonyl (C=O) groups is 1. The maximum Gasteiger partial charge on any atom is 0.414 e. The van der Waals surface area contributed by atoms with Crippen molar-refractivity contribution in [3.63, 3.8) is 0 Å². The van der Waals surface area contributed by atoms with Crippen molar-refractivity contribution in [1.29, 1.82) is 0 Å². The van der Waals surface area contributed by atoms with Crippen molar-refractivity contribution in [1.82, 2.24) is 14.8 Å². The molecule has 150 valence electrons. The van der Waals surface area contributed by atoms with Crippen LogP contribution in [0, 0.1) is 10.1 Å². The zero-order valence-corrected chi connectivity index (χ0v) is 16.4. The SMILES string of the molecule is CN(C)C(=O)Oc1ccc(C(CCOc2cccc([N+](=O)[O-])n2)N(C)C)cc1. The summed E-state index contributed by atoms with van der Waals surface area (Å²) in [4.78, 5) is 29.1. The predicted molar refractivity (Wildman–Crippen MR) is 104 cm³/mol. The molecule has 0 radical (unpaired) electrons. The van der Waals surface area contributed by atoms with Gasteiger partial charge in [-0.25, -0.2) is 4.79 Å². The van der Waals surface area contributed by atoms with Crippen molar-refractivity contribution < 1.29 is 19.2 Å². The third-order valence-corrected chi connectivity index (χ3v) is 4.00. The average Bonchev–Trinajstić information content (AvgIpc) is 2.66. The summed E-state index contributed by atoms with van der Waals surface area (Å²) in [5, 5.41) is 10.8. The summed E-state index contributed by atoms with van der Waals surface area (Å²) >= 11 is 0. The lowest BCUT2D eigenvalue weighted by molar-refractivity contribution is -0.389. The molecular weight excluding hydrogens is 364 g/mol. The van der Waals surface area contributed by atoms with Gasteiger partial charge in [-0.15, -0.1) is 0 Å². The monoisotopic (exact) mass is 388 g/mol. The van der Waals surface area contributed by atoms with Crippen LogP contribution < -0.4 is 9.47 Å². The van der Waals surface area contributed by atoms with Gasteiger partial charge in [-0.1, -0.05) is 12.1 Å². The van der Waals surface area contributed by atoms with E-state index in [0.29, 0.717) is 18.8 Å². The Morgan fingerprint density at radius 2 is 1.82 bits per heavy atom. The lowest BCUT2D eigenvalue weighted by Crippen LogP contribution is -2.25. The van der Waals surface area contributed by atoms with Crippen LogP contribution in [0.15, 0.2) is 42.5 Å². The molecule has 28 heavy (non-hydrogen) atoms. The molecule has 0 N–H and O–H groups in total. The van der Waals surface area contributed by atoms with Crippen LogP contribution in [0.25, 0.3) is 0 Å². The fourth-order valence-corrected chi connectivity index (χ4v) is 2.53. The van der Waals surface area contributed by atoms with Crippen LogP contribution in [-0.4, -0.2) is 60.6 Å². The summed E-state index contributed by atoms with van der Waals surface area (Å²) in [5.41, 5.74) is 1.03. The predicted octanol–water partition coefficient (Wildman–Crippen LogP) is 3.12. The maximum absolute atomic E-state index is 11.6. The molecule has 1 atom stereocenters. The van der Waals surface area contributed by atoms with Crippen LogP contribution in [0.2, 0.25) is 0 Å². The van der Waals surface area contributed by atoms with Gasteiger partial charge in [-0.05, 0) is 42.8 Å². The van der Waals surface area contributed by atoms with Crippen molar-refractivity contribution in [2.45, 2.75) is 12.5 Å². The normalized spacial score (nSPS) is 11.8. The standard InChI is InChI=1S/C19H24N4O5/c1-21(2)16(12-13-27-18-7-5-6-17(20-18)23(25)26)14-8-10-15(11-9-14)28-19(24)22(3)4/h5-11,16H,12-13H2,1-4H3. The Kier molecular flexibility index (Phi) is 7.28. The molecule has 2 rings (SSSR count). The quantitative estimate of drug-likeness (QED) is 0.506. The first kappa shape index (κ1) is 21.1. The highest BCUT2D eigenvalue weighted by atomic mass is 16.6. The summed E-state index contributed by atoms with van der Waals surface area (Å²) < 4.78 is 10.8. The van der Waals surface area contributed by atoms with Crippen LogP contribution in [0.5, 0.6) is 11.6 Å². The van der Waals surface area contributed by atoms with E-state index >= 15 is 0 Å². The second kappa shape index (κ2) is 9.65. The van der Waals surface area contributed by atoms with E-state index in [9.17, 15) is 14.9 Å². The van der Waals surface area contributed by atoms with E-state index in [-0.39, 0.29) is 17.7 Å². The fraction of sp³-hybridized carbons (Fsp3) is 0.368. The van der Waals surface area contributed by atoms with Crippen LogP contribution >= 0.6 is 0 Å². The Morgan fingerprint density at radius 3 is 2.39 bits per heavy atom.